The minimum absolute atomic E-state index is 0.0477. The number of aliphatic hydroxyl groups excluding tert-OH is 1. The first-order chi connectivity index (χ1) is 8.79. The predicted octanol–water partition coefficient (Wildman–Crippen LogP) is 1.93. The van der Waals surface area contributed by atoms with Gasteiger partial charge in [0.2, 0.25) is 0 Å². The zero-order chi connectivity index (χ0) is 12.8. The summed E-state index contributed by atoms with van der Waals surface area (Å²) in [6.07, 6.45) is 2.59. The SMILES string of the molecule is Cc1ncc(CO)c(NCCc2ccccc2)n1. The molecule has 1 aromatic heterocycles. The van der Waals surface area contributed by atoms with Crippen molar-refractivity contribution in [1.29, 1.82) is 0 Å². The Balaban J connectivity index is 1.96. The highest BCUT2D eigenvalue weighted by molar-refractivity contribution is 5.42. The monoisotopic (exact) mass is 243 g/mol. The van der Waals surface area contributed by atoms with Crippen molar-refractivity contribution in [2.24, 2.45) is 0 Å². The predicted molar refractivity (Wildman–Crippen MR) is 71.3 cm³/mol. The molecule has 4 nitrogen and oxygen atoms in total. The fraction of sp³-hybridized carbons (Fsp3) is 0.286. The number of anilines is 1. The van der Waals surface area contributed by atoms with E-state index in [1.165, 1.54) is 5.56 Å². The van der Waals surface area contributed by atoms with Crippen molar-refractivity contribution in [1.82, 2.24) is 9.97 Å². The van der Waals surface area contributed by atoms with Crippen molar-refractivity contribution in [2.75, 3.05) is 11.9 Å². The molecular formula is C14H17N3O. The summed E-state index contributed by atoms with van der Waals surface area (Å²) < 4.78 is 0. The zero-order valence-electron chi connectivity index (χ0n) is 10.4. The number of aryl methyl sites for hydroxylation is 1. The van der Waals surface area contributed by atoms with Crippen molar-refractivity contribution in [3.05, 3.63) is 53.5 Å². The van der Waals surface area contributed by atoms with Gasteiger partial charge in [-0.1, -0.05) is 30.3 Å². The van der Waals surface area contributed by atoms with Crippen molar-refractivity contribution >= 4 is 5.82 Å². The van der Waals surface area contributed by atoms with Gasteiger partial charge in [-0.2, -0.15) is 0 Å². The van der Waals surface area contributed by atoms with Gasteiger partial charge in [0, 0.05) is 18.3 Å². The van der Waals surface area contributed by atoms with Gasteiger partial charge in [0.15, 0.2) is 0 Å². The summed E-state index contributed by atoms with van der Waals surface area (Å²) in [6, 6.07) is 10.3. The van der Waals surface area contributed by atoms with E-state index >= 15 is 0 Å². The van der Waals surface area contributed by atoms with Gasteiger partial charge in [0.05, 0.1) is 6.61 Å². The molecule has 2 rings (SSSR count). The summed E-state index contributed by atoms with van der Waals surface area (Å²) in [5.74, 6) is 1.43. The highest BCUT2D eigenvalue weighted by Crippen LogP contribution is 2.11. The molecule has 1 heterocycles. The van der Waals surface area contributed by atoms with Crippen LogP contribution in [0.3, 0.4) is 0 Å². The van der Waals surface area contributed by atoms with Gasteiger partial charge in [-0.25, -0.2) is 9.97 Å². The molecule has 0 atom stereocenters. The topological polar surface area (TPSA) is 58.0 Å². The Hall–Kier alpha value is -1.94. The van der Waals surface area contributed by atoms with Crippen LogP contribution < -0.4 is 5.32 Å². The van der Waals surface area contributed by atoms with Gasteiger partial charge in [-0.05, 0) is 18.9 Å². The Morgan fingerprint density at radius 2 is 2.00 bits per heavy atom. The van der Waals surface area contributed by atoms with E-state index in [1.807, 2.05) is 25.1 Å². The summed E-state index contributed by atoms with van der Waals surface area (Å²) in [5.41, 5.74) is 2.01. The first-order valence-electron chi connectivity index (χ1n) is 6.01. The molecule has 4 heteroatoms. The quantitative estimate of drug-likeness (QED) is 0.842. The largest absolute Gasteiger partial charge is 0.391 e. The molecular weight excluding hydrogens is 226 g/mol. The molecule has 0 saturated carbocycles. The highest BCUT2D eigenvalue weighted by atomic mass is 16.3. The molecule has 0 amide bonds. The summed E-state index contributed by atoms with van der Waals surface area (Å²) in [7, 11) is 0. The maximum absolute atomic E-state index is 9.21. The van der Waals surface area contributed by atoms with E-state index in [2.05, 4.69) is 27.4 Å². The van der Waals surface area contributed by atoms with Gasteiger partial charge < -0.3 is 10.4 Å². The van der Waals surface area contributed by atoms with Crippen LogP contribution in [0.25, 0.3) is 0 Å². The Morgan fingerprint density at radius 3 is 2.72 bits per heavy atom. The zero-order valence-corrected chi connectivity index (χ0v) is 10.4. The third kappa shape index (κ3) is 3.28. The first-order valence-corrected chi connectivity index (χ1v) is 6.01. The number of hydrogen-bond donors (Lipinski definition) is 2. The van der Waals surface area contributed by atoms with Crippen LogP contribution in [-0.4, -0.2) is 21.6 Å². The molecule has 0 aliphatic heterocycles. The van der Waals surface area contributed by atoms with Crippen LogP contribution in [0, 0.1) is 6.92 Å². The highest BCUT2D eigenvalue weighted by Gasteiger charge is 2.03. The summed E-state index contributed by atoms with van der Waals surface area (Å²) in [5, 5.41) is 12.4. The Morgan fingerprint density at radius 1 is 1.22 bits per heavy atom. The Kier molecular flexibility index (Phi) is 4.25. The van der Waals surface area contributed by atoms with Crippen LogP contribution in [0.2, 0.25) is 0 Å². The molecule has 0 saturated heterocycles. The van der Waals surface area contributed by atoms with Crippen molar-refractivity contribution in [2.45, 2.75) is 20.0 Å². The van der Waals surface area contributed by atoms with E-state index in [1.54, 1.807) is 6.20 Å². The average molecular weight is 243 g/mol. The molecule has 0 unspecified atom stereocenters. The molecule has 1 aromatic carbocycles. The number of aromatic nitrogens is 2. The lowest BCUT2D eigenvalue weighted by molar-refractivity contribution is 0.281. The normalized spacial score (nSPS) is 10.3. The van der Waals surface area contributed by atoms with E-state index in [9.17, 15) is 5.11 Å². The summed E-state index contributed by atoms with van der Waals surface area (Å²) >= 11 is 0. The standard InChI is InChI=1S/C14H17N3O/c1-11-16-9-13(10-18)14(17-11)15-8-7-12-5-3-2-4-6-12/h2-6,9,18H,7-8,10H2,1H3,(H,15,16,17). The minimum Gasteiger partial charge on any atom is -0.391 e. The van der Waals surface area contributed by atoms with Gasteiger partial charge in [-0.15, -0.1) is 0 Å². The van der Waals surface area contributed by atoms with Crippen LogP contribution in [-0.2, 0) is 13.0 Å². The summed E-state index contributed by atoms with van der Waals surface area (Å²) in [6.45, 7) is 2.57. The maximum atomic E-state index is 9.21. The molecule has 2 N–H and O–H groups in total. The Labute approximate surface area is 107 Å². The minimum atomic E-state index is -0.0477. The van der Waals surface area contributed by atoms with E-state index < -0.39 is 0 Å². The third-order valence-electron chi connectivity index (χ3n) is 2.70. The van der Waals surface area contributed by atoms with Crippen molar-refractivity contribution in [3.63, 3.8) is 0 Å². The molecule has 0 fully saturated rings. The van der Waals surface area contributed by atoms with Gasteiger partial charge in [0.25, 0.3) is 0 Å². The number of nitrogens with zero attached hydrogens (tertiary/aromatic N) is 2. The smallest absolute Gasteiger partial charge is 0.135 e. The van der Waals surface area contributed by atoms with E-state index in [-0.39, 0.29) is 6.61 Å². The van der Waals surface area contributed by atoms with Gasteiger partial charge >= 0.3 is 0 Å². The van der Waals surface area contributed by atoms with Crippen LogP contribution in [0.4, 0.5) is 5.82 Å². The molecule has 0 radical (unpaired) electrons. The number of aliphatic hydroxyl groups is 1. The van der Waals surface area contributed by atoms with E-state index in [0.717, 1.165) is 24.3 Å². The second-order valence-corrected chi connectivity index (χ2v) is 4.11. The molecule has 18 heavy (non-hydrogen) atoms. The second-order valence-electron chi connectivity index (χ2n) is 4.11. The number of nitrogens with one attached hydrogen (secondary N) is 1. The lowest BCUT2D eigenvalue weighted by atomic mass is 10.1. The maximum Gasteiger partial charge on any atom is 0.135 e. The van der Waals surface area contributed by atoms with Crippen LogP contribution >= 0.6 is 0 Å². The molecule has 0 aliphatic carbocycles. The molecule has 2 aromatic rings. The number of benzene rings is 1. The Bertz CT molecular complexity index is 500. The second kappa shape index (κ2) is 6.12. The number of rotatable bonds is 5. The molecule has 0 spiro atoms. The van der Waals surface area contributed by atoms with Crippen LogP contribution in [0.1, 0.15) is 17.0 Å². The lowest BCUT2D eigenvalue weighted by Gasteiger charge is -2.09. The number of hydrogen-bond acceptors (Lipinski definition) is 4. The van der Waals surface area contributed by atoms with Crippen LogP contribution in [0.15, 0.2) is 36.5 Å². The fourth-order valence-corrected chi connectivity index (χ4v) is 1.73. The summed E-state index contributed by atoms with van der Waals surface area (Å²) in [4.78, 5) is 8.36. The fourth-order valence-electron chi connectivity index (χ4n) is 1.73. The van der Waals surface area contributed by atoms with Crippen LogP contribution in [0.5, 0.6) is 0 Å². The average Bonchev–Trinajstić information content (AvgIpc) is 2.40. The first kappa shape index (κ1) is 12.5. The lowest BCUT2D eigenvalue weighted by Crippen LogP contribution is -2.10. The van der Waals surface area contributed by atoms with E-state index in [4.69, 9.17) is 0 Å². The van der Waals surface area contributed by atoms with E-state index in [0.29, 0.717) is 5.82 Å². The van der Waals surface area contributed by atoms with Gasteiger partial charge in [-0.3, -0.25) is 0 Å². The molecule has 0 bridgehead atoms. The molecule has 94 valence electrons. The van der Waals surface area contributed by atoms with Crippen molar-refractivity contribution in [3.8, 4) is 0 Å². The van der Waals surface area contributed by atoms with Crippen molar-refractivity contribution < 1.29 is 5.11 Å². The molecule has 0 aliphatic rings. The third-order valence-corrected chi connectivity index (χ3v) is 2.70. The van der Waals surface area contributed by atoms with Gasteiger partial charge in [0.1, 0.15) is 11.6 Å².